The van der Waals surface area contributed by atoms with Crippen molar-refractivity contribution in [1.82, 2.24) is 0 Å². The standard InChI is InChI=1S/C11H11ClO3/c1-2-14-11(13)10-9(15-10)7-5-3-4-6-8(7)12/h3-6,9-10H,2H2,1H3/t9-,10+/m0/s1. The lowest BCUT2D eigenvalue weighted by molar-refractivity contribution is -0.144. The van der Waals surface area contributed by atoms with Crippen LogP contribution in [-0.4, -0.2) is 18.7 Å². The molecule has 3 nitrogen and oxygen atoms in total. The first-order chi connectivity index (χ1) is 7.24. The Labute approximate surface area is 92.9 Å². The van der Waals surface area contributed by atoms with Crippen LogP contribution in [0.4, 0.5) is 0 Å². The summed E-state index contributed by atoms with van der Waals surface area (Å²) in [5.41, 5.74) is 0.845. The molecule has 0 amide bonds. The lowest BCUT2D eigenvalue weighted by atomic mass is 10.1. The Balaban J connectivity index is 2.05. The van der Waals surface area contributed by atoms with Crippen molar-refractivity contribution in [3.05, 3.63) is 34.9 Å². The highest BCUT2D eigenvalue weighted by Crippen LogP contribution is 2.42. The summed E-state index contributed by atoms with van der Waals surface area (Å²) in [5.74, 6) is -0.317. The Kier molecular flexibility index (Phi) is 2.93. The van der Waals surface area contributed by atoms with Gasteiger partial charge in [0, 0.05) is 10.6 Å². The van der Waals surface area contributed by atoms with Crippen LogP contribution < -0.4 is 0 Å². The van der Waals surface area contributed by atoms with Crippen molar-refractivity contribution in [2.75, 3.05) is 6.61 Å². The fraction of sp³-hybridized carbons (Fsp3) is 0.364. The zero-order valence-corrected chi connectivity index (χ0v) is 9.03. The molecule has 0 spiro atoms. The van der Waals surface area contributed by atoms with Crippen molar-refractivity contribution in [3.8, 4) is 0 Å². The number of ether oxygens (including phenoxy) is 2. The third kappa shape index (κ3) is 2.13. The number of rotatable bonds is 3. The Morgan fingerprint density at radius 1 is 1.53 bits per heavy atom. The molecule has 1 aliphatic heterocycles. The van der Waals surface area contributed by atoms with Crippen LogP contribution in [0, 0.1) is 0 Å². The molecule has 80 valence electrons. The van der Waals surface area contributed by atoms with E-state index in [9.17, 15) is 4.79 Å². The minimum Gasteiger partial charge on any atom is -0.464 e. The highest BCUT2D eigenvalue weighted by molar-refractivity contribution is 6.31. The van der Waals surface area contributed by atoms with E-state index in [1.54, 1.807) is 13.0 Å². The summed E-state index contributed by atoms with van der Waals surface area (Å²) in [4.78, 5) is 11.3. The maximum atomic E-state index is 11.3. The van der Waals surface area contributed by atoms with Crippen LogP contribution in [0.1, 0.15) is 18.6 Å². The summed E-state index contributed by atoms with van der Waals surface area (Å²) in [6.45, 7) is 2.14. The van der Waals surface area contributed by atoms with E-state index < -0.39 is 6.10 Å². The number of carbonyl (C=O) groups is 1. The first-order valence-corrected chi connectivity index (χ1v) is 5.18. The third-order valence-electron chi connectivity index (χ3n) is 2.22. The minimum absolute atomic E-state index is 0.238. The van der Waals surface area contributed by atoms with Crippen molar-refractivity contribution in [1.29, 1.82) is 0 Å². The van der Waals surface area contributed by atoms with Crippen LogP contribution in [0.3, 0.4) is 0 Å². The van der Waals surface area contributed by atoms with E-state index in [4.69, 9.17) is 21.1 Å². The second-order valence-corrected chi connectivity index (χ2v) is 3.66. The molecule has 1 aliphatic rings. The van der Waals surface area contributed by atoms with E-state index in [0.29, 0.717) is 11.6 Å². The van der Waals surface area contributed by atoms with E-state index in [-0.39, 0.29) is 12.1 Å². The second kappa shape index (κ2) is 4.21. The van der Waals surface area contributed by atoms with Crippen molar-refractivity contribution < 1.29 is 14.3 Å². The van der Waals surface area contributed by atoms with Gasteiger partial charge >= 0.3 is 5.97 Å². The van der Waals surface area contributed by atoms with E-state index in [1.807, 2.05) is 18.2 Å². The maximum absolute atomic E-state index is 11.3. The molecule has 0 radical (unpaired) electrons. The number of esters is 1. The lowest BCUT2D eigenvalue weighted by Gasteiger charge is -1.99. The zero-order chi connectivity index (χ0) is 10.8. The van der Waals surface area contributed by atoms with Gasteiger partial charge in [-0.05, 0) is 13.0 Å². The topological polar surface area (TPSA) is 38.8 Å². The summed E-state index contributed by atoms with van der Waals surface area (Å²) < 4.78 is 10.1. The van der Waals surface area contributed by atoms with Crippen molar-refractivity contribution in [3.63, 3.8) is 0 Å². The Morgan fingerprint density at radius 2 is 2.27 bits per heavy atom. The Bertz CT molecular complexity index is 378. The van der Waals surface area contributed by atoms with E-state index in [0.717, 1.165) is 5.56 Å². The van der Waals surface area contributed by atoms with Gasteiger partial charge in [-0.1, -0.05) is 29.8 Å². The first-order valence-electron chi connectivity index (χ1n) is 4.80. The van der Waals surface area contributed by atoms with Gasteiger partial charge in [-0.15, -0.1) is 0 Å². The van der Waals surface area contributed by atoms with E-state index >= 15 is 0 Å². The third-order valence-corrected chi connectivity index (χ3v) is 2.57. The molecule has 1 aromatic carbocycles. The predicted molar refractivity (Wildman–Crippen MR) is 55.7 cm³/mol. The number of benzene rings is 1. The molecule has 0 unspecified atom stereocenters. The summed E-state index contributed by atoms with van der Waals surface area (Å²) in [7, 11) is 0. The highest BCUT2D eigenvalue weighted by atomic mass is 35.5. The molecule has 2 rings (SSSR count). The monoisotopic (exact) mass is 226 g/mol. The second-order valence-electron chi connectivity index (χ2n) is 3.25. The fourth-order valence-corrected chi connectivity index (χ4v) is 1.70. The molecule has 1 saturated heterocycles. The quantitative estimate of drug-likeness (QED) is 0.587. The van der Waals surface area contributed by atoms with E-state index in [1.165, 1.54) is 0 Å². The van der Waals surface area contributed by atoms with Gasteiger partial charge in [0.15, 0.2) is 6.10 Å². The van der Waals surface area contributed by atoms with Gasteiger partial charge in [-0.2, -0.15) is 0 Å². The summed E-state index contributed by atoms with van der Waals surface area (Å²) in [6.07, 6.45) is -0.720. The largest absolute Gasteiger partial charge is 0.464 e. The van der Waals surface area contributed by atoms with Crippen molar-refractivity contribution in [2.45, 2.75) is 19.1 Å². The molecule has 0 aliphatic carbocycles. The Morgan fingerprint density at radius 3 is 2.93 bits per heavy atom. The molecule has 1 heterocycles. The summed E-state index contributed by atoms with van der Waals surface area (Å²) in [5, 5.41) is 0.620. The molecule has 1 fully saturated rings. The predicted octanol–water partition coefficient (Wildman–Crippen LogP) is 2.34. The van der Waals surface area contributed by atoms with Crippen LogP contribution >= 0.6 is 11.6 Å². The Hall–Kier alpha value is -1.06. The van der Waals surface area contributed by atoms with Crippen LogP contribution in [0.25, 0.3) is 0 Å². The number of carbonyl (C=O) groups excluding carboxylic acids is 1. The first kappa shape index (κ1) is 10.5. The molecule has 0 bridgehead atoms. The number of hydrogen-bond acceptors (Lipinski definition) is 3. The summed E-state index contributed by atoms with van der Waals surface area (Å²) >= 11 is 5.97. The van der Waals surface area contributed by atoms with E-state index in [2.05, 4.69) is 0 Å². The molecule has 1 aromatic rings. The minimum atomic E-state index is -0.482. The molecular formula is C11H11ClO3. The van der Waals surface area contributed by atoms with Crippen LogP contribution in [0.5, 0.6) is 0 Å². The van der Waals surface area contributed by atoms with Gasteiger partial charge in [-0.3, -0.25) is 0 Å². The molecular weight excluding hydrogens is 216 g/mol. The van der Waals surface area contributed by atoms with Gasteiger partial charge in [0.05, 0.1) is 6.61 Å². The smallest absolute Gasteiger partial charge is 0.338 e. The van der Waals surface area contributed by atoms with Crippen LogP contribution in [0.2, 0.25) is 5.02 Å². The molecule has 0 saturated carbocycles. The molecule has 4 heteroatoms. The van der Waals surface area contributed by atoms with Gasteiger partial charge in [0.1, 0.15) is 6.10 Å². The zero-order valence-electron chi connectivity index (χ0n) is 8.27. The SMILES string of the molecule is CCOC(=O)[C@@H]1O[C@H]1c1ccccc1Cl. The van der Waals surface area contributed by atoms with Gasteiger partial charge in [0.25, 0.3) is 0 Å². The van der Waals surface area contributed by atoms with Crippen molar-refractivity contribution in [2.24, 2.45) is 0 Å². The highest BCUT2D eigenvalue weighted by Gasteiger charge is 2.48. The average molecular weight is 227 g/mol. The van der Waals surface area contributed by atoms with Gasteiger partial charge in [-0.25, -0.2) is 4.79 Å². The van der Waals surface area contributed by atoms with Gasteiger partial charge < -0.3 is 9.47 Å². The van der Waals surface area contributed by atoms with Gasteiger partial charge in [0.2, 0.25) is 0 Å². The summed E-state index contributed by atoms with van der Waals surface area (Å²) in [6, 6.07) is 7.34. The normalized spacial score (nSPS) is 23.6. The maximum Gasteiger partial charge on any atom is 0.338 e. The number of epoxide rings is 1. The fourth-order valence-electron chi connectivity index (χ4n) is 1.46. The molecule has 0 N–H and O–H groups in total. The average Bonchev–Trinajstić information content (AvgIpc) is 2.98. The number of hydrogen-bond donors (Lipinski definition) is 0. The number of halogens is 1. The molecule has 15 heavy (non-hydrogen) atoms. The lowest BCUT2D eigenvalue weighted by Crippen LogP contribution is -2.11. The van der Waals surface area contributed by atoms with Crippen LogP contribution in [-0.2, 0) is 14.3 Å². The molecule has 2 atom stereocenters. The molecule has 0 aromatic heterocycles. The van der Waals surface area contributed by atoms with Crippen molar-refractivity contribution >= 4 is 17.6 Å². The van der Waals surface area contributed by atoms with Crippen LogP contribution in [0.15, 0.2) is 24.3 Å².